The van der Waals surface area contributed by atoms with Crippen LogP contribution in [0.5, 0.6) is 0 Å². The largest absolute Gasteiger partial charge is 0.357 e. The van der Waals surface area contributed by atoms with E-state index in [1.165, 1.54) is 0 Å². The van der Waals surface area contributed by atoms with Gasteiger partial charge in [0, 0.05) is 31.1 Å². The molecule has 5 nitrogen and oxygen atoms in total. The van der Waals surface area contributed by atoms with E-state index >= 15 is 0 Å². The average molecular weight is 468 g/mol. The van der Waals surface area contributed by atoms with E-state index in [9.17, 15) is 13.6 Å². The third-order valence-electron chi connectivity index (χ3n) is 3.42. The first-order valence-corrected chi connectivity index (χ1v) is 8.21. The molecule has 0 aliphatic heterocycles. The molecule has 0 bridgehead atoms. The topological polar surface area (TPSA) is 65.5 Å². The highest BCUT2D eigenvalue weighted by Crippen LogP contribution is 2.10. The van der Waals surface area contributed by atoms with Crippen LogP contribution in [0.1, 0.15) is 39.2 Å². The van der Waals surface area contributed by atoms with Gasteiger partial charge in [0.15, 0.2) is 5.96 Å². The number of aliphatic imine (C=N–C) groups is 1. The van der Waals surface area contributed by atoms with Gasteiger partial charge in [0.2, 0.25) is 5.91 Å². The minimum absolute atomic E-state index is 0. The lowest BCUT2D eigenvalue weighted by atomic mass is 10.2. The monoisotopic (exact) mass is 468 g/mol. The van der Waals surface area contributed by atoms with Crippen molar-refractivity contribution in [2.45, 2.75) is 46.2 Å². The first-order chi connectivity index (χ1) is 11.5. The zero-order valence-corrected chi connectivity index (χ0v) is 17.2. The number of carbonyl (C=O) groups is 1. The van der Waals surface area contributed by atoms with Crippen molar-refractivity contribution in [1.82, 2.24) is 16.0 Å². The quantitative estimate of drug-likeness (QED) is 0.312. The molecule has 0 aliphatic rings. The molecule has 0 saturated heterocycles. The second-order valence-corrected chi connectivity index (χ2v) is 5.48. The molecule has 142 valence electrons. The third-order valence-corrected chi connectivity index (χ3v) is 3.42. The molecule has 0 fully saturated rings. The minimum Gasteiger partial charge on any atom is -0.357 e. The lowest BCUT2D eigenvalue weighted by Gasteiger charge is -2.13. The van der Waals surface area contributed by atoms with Crippen molar-refractivity contribution >= 4 is 35.8 Å². The zero-order chi connectivity index (χ0) is 17.9. The van der Waals surface area contributed by atoms with E-state index in [4.69, 9.17) is 0 Å². The number of nitrogens with zero attached hydrogens (tertiary/aromatic N) is 1. The summed E-state index contributed by atoms with van der Waals surface area (Å²) in [6.45, 7) is 6.89. The predicted molar refractivity (Wildman–Crippen MR) is 107 cm³/mol. The molecule has 0 saturated carbocycles. The average Bonchev–Trinajstić information content (AvgIpc) is 2.55. The number of guanidine groups is 1. The third kappa shape index (κ3) is 9.57. The van der Waals surface area contributed by atoms with E-state index < -0.39 is 11.6 Å². The Labute approximate surface area is 165 Å². The Morgan fingerprint density at radius 2 is 1.96 bits per heavy atom. The minimum atomic E-state index is -0.499. The van der Waals surface area contributed by atoms with Crippen LogP contribution in [0, 0.1) is 11.6 Å². The van der Waals surface area contributed by atoms with Gasteiger partial charge in [-0.3, -0.25) is 4.79 Å². The molecule has 1 unspecified atom stereocenters. The Kier molecular flexibility index (Phi) is 12.1. The molecule has 1 amide bonds. The van der Waals surface area contributed by atoms with Gasteiger partial charge in [-0.15, -0.1) is 24.0 Å². The van der Waals surface area contributed by atoms with Gasteiger partial charge < -0.3 is 16.0 Å². The van der Waals surface area contributed by atoms with Crippen molar-refractivity contribution in [2.24, 2.45) is 4.99 Å². The van der Waals surface area contributed by atoms with Crippen LogP contribution in [0.2, 0.25) is 0 Å². The molecule has 3 N–H and O–H groups in total. The van der Waals surface area contributed by atoms with E-state index in [0.717, 1.165) is 24.6 Å². The van der Waals surface area contributed by atoms with Crippen LogP contribution in [-0.2, 0) is 11.3 Å². The first kappa shape index (κ1) is 23.5. The molecule has 1 atom stereocenters. The molecular formula is C17H27F2IN4O. The molecule has 0 heterocycles. The van der Waals surface area contributed by atoms with Crippen molar-refractivity contribution in [3.05, 3.63) is 35.4 Å². The summed E-state index contributed by atoms with van der Waals surface area (Å²) < 4.78 is 26.7. The molecular weight excluding hydrogens is 441 g/mol. The smallest absolute Gasteiger partial charge is 0.221 e. The molecule has 0 spiro atoms. The summed E-state index contributed by atoms with van der Waals surface area (Å²) in [6, 6.07) is 3.43. The maximum Gasteiger partial charge on any atom is 0.221 e. The van der Waals surface area contributed by atoms with Gasteiger partial charge in [0.05, 0.1) is 6.54 Å². The molecule has 8 heteroatoms. The Hall–Kier alpha value is -1.45. The number of hydrogen-bond donors (Lipinski definition) is 3. The summed E-state index contributed by atoms with van der Waals surface area (Å²) in [6.07, 6.45) is 1.19. The second-order valence-electron chi connectivity index (χ2n) is 5.48. The van der Waals surface area contributed by atoms with Crippen LogP contribution in [0.4, 0.5) is 8.78 Å². The fourth-order valence-electron chi connectivity index (χ4n) is 1.91. The second kappa shape index (κ2) is 12.8. The molecule has 0 radical (unpaired) electrons. The van der Waals surface area contributed by atoms with E-state index in [-0.39, 0.29) is 48.0 Å². The first-order valence-electron chi connectivity index (χ1n) is 8.21. The summed E-state index contributed by atoms with van der Waals surface area (Å²) in [5.74, 6) is -0.577. The van der Waals surface area contributed by atoms with Gasteiger partial charge in [-0.1, -0.05) is 6.92 Å². The van der Waals surface area contributed by atoms with Crippen LogP contribution in [0.3, 0.4) is 0 Å². The Bertz CT molecular complexity index is 570. The summed E-state index contributed by atoms with van der Waals surface area (Å²) in [5, 5.41) is 8.89. The number of nitrogens with one attached hydrogen (secondary N) is 3. The summed E-state index contributed by atoms with van der Waals surface area (Å²) in [7, 11) is 0. The van der Waals surface area contributed by atoms with Gasteiger partial charge in [0.25, 0.3) is 0 Å². The summed E-state index contributed by atoms with van der Waals surface area (Å²) in [4.78, 5) is 15.9. The summed E-state index contributed by atoms with van der Waals surface area (Å²) in [5.41, 5.74) is 0.182. The normalized spacial score (nSPS) is 12.1. The lowest BCUT2D eigenvalue weighted by molar-refractivity contribution is -0.121. The van der Waals surface area contributed by atoms with Crippen molar-refractivity contribution < 1.29 is 13.6 Å². The maximum absolute atomic E-state index is 13.6. The molecule has 1 rings (SSSR count). The standard InChI is InChI=1S/C17H26F2N4O.HI/c1-4-12(3)23-16(24)8-9-21-17(20-5-2)22-11-13-10-14(18)6-7-15(13)19;/h6-7,10,12H,4-5,8-9,11H2,1-3H3,(H,23,24)(H2,20,21,22);1H. The number of halogens is 3. The van der Waals surface area contributed by atoms with Gasteiger partial charge in [-0.2, -0.15) is 0 Å². The predicted octanol–water partition coefficient (Wildman–Crippen LogP) is 2.94. The summed E-state index contributed by atoms with van der Waals surface area (Å²) >= 11 is 0. The van der Waals surface area contributed by atoms with Crippen molar-refractivity contribution in [1.29, 1.82) is 0 Å². The van der Waals surface area contributed by atoms with Crippen LogP contribution in [0.15, 0.2) is 23.2 Å². The van der Waals surface area contributed by atoms with Crippen LogP contribution < -0.4 is 16.0 Å². The number of rotatable bonds is 8. The van der Waals surface area contributed by atoms with E-state index in [0.29, 0.717) is 25.5 Å². The molecule has 1 aromatic rings. The zero-order valence-electron chi connectivity index (χ0n) is 14.9. The van der Waals surface area contributed by atoms with Gasteiger partial charge in [-0.05, 0) is 38.5 Å². The van der Waals surface area contributed by atoms with E-state index in [2.05, 4.69) is 20.9 Å². The Morgan fingerprint density at radius 3 is 2.60 bits per heavy atom. The van der Waals surface area contributed by atoms with Crippen molar-refractivity contribution in [3.8, 4) is 0 Å². The van der Waals surface area contributed by atoms with E-state index in [1.807, 2.05) is 20.8 Å². The highest BCUT2D eigenvalue weighted by molar-refractivity contribution is 14.0. The lowest BCUT2D eigenvalue weighted by Crippen LogP contribution is -2.40. The Morgan fingerprint density at radius 1 is 1.24 bits per heavy atom. The molecule has 0 aliphatic carbocycles. The number of carbonyl (C=O) groups excluding carboxylic acids is 1. The number of hydrogen-bond acceptors (Lipinski definition) is 2. The van der Waals surface area contributed by atoms with Crippen LogP contribution in [0.25, 0.3) is 0 Å². The molecule has 25 heavy (non-hydrogen) atoms. The van der Waals surface area contributed by atoms with Gasteiger partial charge in [0.1, 0.15) is 11.6 Å². The highest BCUT2D eigenvalue weighted by Gasteiger charge is 2.07. The molecule has 1 aromatic carbocycles. The molecule has 0 aromatic heterocycles. The van der Waals surface area contributed by atoms with E-state index in [1.54, 1.807) is 0 Å². The van der Waals surface area contributed by atoms with Crippen molar-refractivity contribution in [3.63, 3.8) is 0 Å². The van der Waals surface area contributed by atoms with Crippen molar-refractivity contribution in [2.75, 3.05) is 13.1 Å². The maximum atomic E-state index is 13.6. The SMILES string of the molecule is CCNC(=NCc1cc(F)ccc1F)NCCC(=O)NC(C)CC.I. The Balaban J connectivity index is 0.00000576. The van der Waals surface area contributed by atoms with Gasteiger partial charge >= 0.3 is 0 Å². The highest BCUT2D eigenvalue weighted by atomic mass is 127. The van der Waals surface area contributed by atoms with Gasteiger partial charge in [-0.25, -0.2) is 13.8 Å². The fraction of sp³-hybridized carbons (Fsp3) is 0.529. The van der Waals surface area contributed by atoms with Crippen LogP contribution in [-0.4, -0.2) is 31.0 Å². The fourth-order valence-corrected chi connectivity index (χ4v) is 1.91. The van der Waals surface area contributed by atoms with Crippen LogP contribution >= 0.6 is 24.0 Å². The number of benzene rings is 1. The number of amides is 1.